The van der Waals surface area contributed by atoms with Gasteiger partial charge in [0, 0.05) is 38.2 Å². The number of hydrogen-bond acceptors (Lipinski definition) is 5. The van der Waals surface area contributed by atoms with Crippen LogP contribution in [-0.2, 0) is 0 Å². The van der Waals surface area contributed by atoms with Gasteiger partial charge in [-0.25, -0.2) is 4.99 Å². The Morgan fingerprint density at radius 1 is 0.521 bits per heavy atom. The summed E-state index contributed by atoms with van der Waals surface area (Å²) in [5.41, 5.74) is 8.84. The molecule has 228 valence electrons. The quantitative estimate of drug-likeness (QED) is 0.206. The van der Waals surface area contributed by atoms with E-state index in [9.17, 15) is 0 Å². The Morgan fingerprint density at radius 2 is 1.25 bits per heavy atom. The minimum atomic E-state index is -0.243. The summed E-state index contributed by atoms with van der Waals surface area (Å²) in [6.45, 7) is 0. The van der Waals surface area contributed by atoms with E-state index in [0.29, 0.717) is 0 Å². The van der Waals surface area contributed by atoms with Gasteiger partial charge in [-0.2, -0.15) is 0 Å². The average molecular weight is 620 g/mol. The van der Waals surface area contributed by atoms with Crippen molar-refractivity contribution in [2.24, 2.45) is 4.99 Å². The molecular weight excluding hydrogens is 590 g/mol. The summed E-state index contributed by atoms with van der Waals surface area (Å²) in [5, 5.41) is 14.3. The van der Waals surface area contributed by atoms with Gasteiger partial charge in [-0.05, 0) is 52.2 Å². The maximum absolute atomic E-state index is 6.87. The van der Waals surface area contributed by atoms with Crippen LogP contribution in [0.25, 0.3) is 65.8 Å². The largest absolute Gasteiger partial charge is 0.456 e. The van der Waals surface area contributed by atoms with E-state index in [1.54, 1.807) is 0 Å². The molecule has 0 fully saturated rings. The third-order valence-electron chi connectivity index (χ3n) is 9.54. The van der Waals surface area contributed by atoms with Gasteiger partial charge in [0.1, 0.15) is 40.5 Å². The Morgan fingerprint density at radius 3 is 2.10 bits per heavy atom. The van der Waals surface area contributed by atoms with E-state index in [1.165, 1.54) is 5.39 Å². The van der Waals surface area contributed by atoms with Crippen molar-refractivity contribution >= 4 is 60.5 Å². The van der Waals surface area contributed by atoms with E-state index < -0.39 is 0 Å². The van der Waals surface area contributed by atoms with E-state index in [0.717, 1.165) is 82.9 Å². The average Bonchev–Trinajstić information content (AvgIpc) is 3.72. The third-order valence-corrected chi connectivity index (χ3v) is 9.54. The fourth-order valence-electron chi connectivity index (χ4n) is 7.22. The molecule has 2 unspecified atom stereocenters. The lowest BCUT2D eigenvalue weighted by Gasteiger charge is -2.32. The number of para-hydroxylation sites is 1. The van der Waals surface area contributed by atoms with E-state index in [2.05, 4.69) is 138 Å². The van der Waals surface area contributed by atoms with Crippen LogP contribution in [0.1, 0.15) is 29.0 Å². The van der Waals surface area contributed by atoms with E-state index in [-0.39, 0.29) is 12.3 Å². The van der Waals surface area contributed by atoms with Gasteiger partial charge in [0.05, 0.1) is 0 Å². The lowest BCUT2D eigenvalue weighted by molar-refractivity contribution is 0.411. The van der Waals surface area contributed by atoms with Gasteiger partial charge in [0.15, 0.2) is 0 Å². The molecule has 0 bridgehead atoms. The highest BCUT2D eigenvalue weighted by Crippen LogP contribution is 2.43. The van der Waals surface area contributed by atoms with Crippen LogP contribution in [-0.4, -0.2) is 5.84 Å². The molecule has 1 aliphatic heterocycles. The fraction of sp³-hybridized carbons (Fsp3) is 0.0465. The molecule has 0 radical (unpaired) electrons. The van der Waals surface area contributed by atoms with E-state index >= 15 is 0 Å². The minimum Gasteiger partial charge on any atom is -0.456 e. The number of hydrogen-bond donors (Lipinski definition) is 2. The molecule has 1 aliphatic rings. The molecule has 2 N–H and O–H groups in total. The molecule has 9 aromatic rings. The first-order valence-corrected chi connectivity index (χ1v) is 16.3. The summed E-state index contributed by atoms with van der Waals surface area (Å²) in [5.74, 6) is 0.848. The zero-order chi connectivity index (χ0) is 31.6. The molecule has 7 aromatic carbocycles. The Hall–Kier alpha value is -6.17. The van der Waals surface area contributed by atoms with Crippen molar-refractivity contribution in [1.29, 1.82) is 0 Å². The molecule has 0 spiro atoms. The fourth-order valence-corrected chi connectivity index (χ4v) is 7.22. The van der Waals surface area contributed by atoms with Gasteiger partial charge >= 0.3 is 0 Å². The van der Waals surface area contributed by atoms with Crippen molar-refractivity contribution in [3.05, 3.63) is 168 Å². The summed E-state index contributed by atoms with van der Waals surface area (Å²) < 4.78 is 13.0. The van der Waals surface area contributed by atoms with E-state index in [1.807, 2.05) is 24.3 Å². The molecule has 0 aliphatic carbocycles. The van der Waals surface area contributed by atoms with Crippen LogP contribution >= 0.6 is 0 Å². The van der Waals surface area contributed by atoms with Crippen molar-refractivity contribution in [1.82, 2.24) is 10.6 Å². The molecule has 5 heteroatoms. The molecule has 2 aromatic heterocycles. The van der Waals surface area contributed by atoms with Crippen LogP contribution in [0.15, 0.2) is 165 Å². The number of nitrogens with one attached hydrogen (secondary N) is 2. The normalized spacial score (nSPS) is 16.5. The number of amidine groups is 1. The first-order valence-electron chi connectivity index (χ1n) is 16.3. The molecule has 0 saturated heterocycles. The lowest BCUT2D eigenvalue weighted by atomic mass is 9.95. The molecular formula is C43H29N3O2. The maximum atomic E-state index is 6.87. The maximum Gasteiger partial charge on any atom is 0.143 e. The Balaban J connectivity index is 1.20. The number of fused-ring (bicyclic) bond motifs is 7. The van der Waals surface area contributed by atoms with Gasteiger partial charge in [-0.1, -0.05) is 121 Å². The van der Waals surface area contributed by atoms with Crippen molar-refractivity contribution < 1.29 is 8.83 Å². The van der Waals surface area contributed by atoms with Gasteiger partial charge in [0.2, 0.25) is 0 Å². The Labute approximate surface area is 276 Å². The highest BCUT2D eigenvalue weighted by atomic mass is 16.3. The molecule has 5 nitrogen and oxygen atoms in total. The van der Waals surface area contributed by atoms with Crippen LogP contribution < -0.4 is 10.6 Å². The summed E-state index contributed by atoms with van der Waals surface area (Å²) in [4.78, 5) is 5.14. The van der Waals surface area contributed by atoms with Crippen LogP contribution in [0.3, 0.4) is 0 Å². The summed E-state index contributed by atoms with van der Waals surface area (Å²) in [7, 11) is 0. The Bertz CT molecular complexity index is 2690. The van der Waals surface area contributed by atoms with Crippen molar-refractivity contribution in [3.8, 4) is 11.1 Å². The summed E-state index contributed by atoms with van der Waals surface area (Å²) in [6, 6.07) is 52.7. The third kappa shape index (κ3) is 4.33. The molecule has 3 heterocycles. The van der Waals surface area contributed by atoms with Crippen molar-refractivity contribution in [2.75, 3.05) is 0 Å². The second-order valence-corrected chi connectivity index (χ2v) is 12.4. The summed E-state index contributed by atoms with van der Waals surface area (Å²) in [6.07, 6.45) is -0.481. The SMILES string of the molecule is c1ccc(C2=NC(c3ccccc3)NC(c3ccc(-c4ccc5oc6ccccc6c5c4)c4oc5cc6ccccc6cc5c34)N2)cc1. The highest BCUT2D eigenvalue weighted by molar-refractivity contribution is 6.16. The second kappa shape index (κ2) is 10.7. The minimum absolute atomic E-state index is 0.238. The van der Waals surface area contributed by atoms with Crippen LogP contribution in [0, 0.1) is 0 Å². The zero-order valence-corrected chi connectivity index (χ0v) is 25.9. The second-order valence-electron chi connectivity index (χ2n) is 12.4. The van der Waals surface area contributed by atoms with Gasteiger partial charge in [-0.15, -0.1) is 0 Å². The zero-order valence-electron chi connectivity index (χ0n) is 25.9. The predicted octanol–water partition coefficient (Wildman–Crippen LogP) is 10.6. The number of furan rings is 2. The van der Waals surface area contributed by atoms with Crippen LogP contribution in [0.5, 0.6) is 0 Å². The number of aliphatic imine (C=N–C) groups is 1. The van der Waals surface area contributed by atoms with Crippen LogP contribution in [0.2, 0.25) is 0 Å². The lowest BCUT2D eigenvalue weighted by Crippen LogP contribution is -2.45. The monoisotopic (exact) mass is 619 g/mol. The molecule has 10 rings (SSSR count). The van der Waals surface area contributed by atoms with Crippen LogP contribution in [0.4, 0.5) is 0 Å². The van der Waals surface area contributed by atoms with Crippen molar-refractivity contribution in [3.63, 3.8) is 0 Å². The highest BCUT2D eigenvalue weighted by Gasteiger charge is 2.29. The van der Waals surface area contributed by atoms with E-state index in [4.69, 9.17) is 13.8 Å². The standard InChI is InChI=1S/C43H29N3O2/c1-3-11-26(12-4-1)41-44-42(27-13-5-2-6-14-27)46-43(45-41)33-21-20-31(30-19-22-37-34(24-30)32-17-9-10-18-36(32)47-37)40-39(33)35-23-28-15-7-8-16-29(28)25-38(35)48-40/h1-25,41,43,45H,(H,44,46). The molecule has 0 amide bonds. The van der Waals surface area contributed by atoms with Gasteiger partial charge < -0.3 is 14.2 Å². The Kier molecular flexibility index (Phi) is 6.01. The molecule has 0 saturated carbocycles. The molecule has 2 atom stereocenters. The van der Waals surface area contributed by atoms with Gasteiger partial charge in [0.25, 0.3) is 0 Å². The number of rotatable bonds is 4. The smallest absolute Gasteiger partial charge is 0.143 e. The van der Waals surface area contributed by atoms with Crippen molar-refractivity contribution in [2.45, 2.75) is 12.3 Å². The molecule has 48 heavy (non-hydrogen) atoms. The first kappa shape index (κ1) is 27.0. The first-order chi connectivity index (χ1) is 23.8. The number of benzene rings is 7. The number of nitrogens with zero attached hydrogens (tertiary/aromatic N) is 1. The topological polar surface area (TPSA) is 62.7 Å². The van der Waals surface area contributed by atoms with Gasteiger partial charge in [-0.3, -0.25) is 5.32 Å². The summed E-state index contributed by atoms with van der Waals surface area (Å²) >= 11 is 0. The predicted molar refractivity (Wildman–Crippen MR) is 195 cm³/mol.